The van der Waals surface area contributed by atoms with Crippen molar-refractivity contribution in [2.24, 2.45) is 5.92 Å². The van der Waals surface area contributed by atoms with E-state index in [1.54, 1.807) is 12.1 Å². The second-order valence-corrected chi connectivity index (χ2v) is 5.17. The van der Waals surface area contributed by atoms with Crippen LogP contribution in [0.2, 0.25) is 0 Å². The molecule has 0 heterocycles. The number of nitrogens with zero attached hydrogens (tertiary/aromatic N) is 1. The standard InChI is InChI=1S/C14H20FNO/c1-10-3-6-13(15)7-12(10)8-16(2)9-14(17)11-4-5-11/h3,6-7,11,14,17H,4-5,8-9H2,1-2H3/t14-/m1/s1. The van der Waals surface area contributed by atoms with Gasteiger partial charge in [-0.1, -0.05) is 6.07 Å². The van der Waals surface area contributed by atoms with Gasteiger partial charge in [0.15, 0.2) is 0 Å². The van der Waals surface area contributed by atoms with Gasteiger partial charge in [0.2, 0.25) is 0 Å². The molecule has 1 aliphatic rings. The van der Waals surface area contributed by atoms with Crippen LogP contribution in [0.1, 0.15) is 24.0 Å². The zero-order chi connectivity index (χ0) is 12.4. The summed E-state index contributed by atoms with van der Waals surface area (Å²) in [6.45, 7) is 3.34. The molecule has 17 heavy (non-hydrogen) atoms. The minimum absolute atomic E-state index is 0.193. The number of hydrogen-bond donors (Lipinski definition) is 1. The van der Waals surface area contributed by atoms with Crippen LogP contribution < -0.4 is 0 Å². The van der Waals surface area contributed by atoms with Gasteiger partial charge in [0.25, 0.3) is 0 Å². The van der Waals surface area contributed by atoms with Crippen LogP contribution in [0.15, 0.2) is 18.2 Å². The van der Waals surface area contributed by atoms with Gasteiger partial charge in [-0.05, 0) is 56.0 Å². The van der Waals surface area contributed by atoms with E-state index in [-0.39, 0.29) is 11.9 Å². The molecule has 1 atom stereocenters. The van der Waals surface area contributed by atoms with E-state index in [1.807, 2.05) is 14.0 Å². The normalized spacial score (nSPS) is 17.5. The van der Waals surface area contributed by atoms with Gasteiger partial charge in [0, 0.05) is 13.1 Å². The van der Waals surface area contributed by atoms with E-state index in [2.05, 4.69) is 4.90 Å². The lowest BCUT2D eigenvalue weighted by Gasteiger charge is -2.21. The van der Waals surface area contributed by atoms with E-state index in [4.69, 9.17) is 0 Å². The SMILES string of the molecule is Cc1ccc(F)cc1CN(C)C[C@@H](O)C1CC1. The van der Waals surface area contributed by atoms with Gasteiger partial charge in [-0.15, -0.1) is 0 Å². The minimum Gasteiger partial charge on any atom is -0.392 e. The highest BCUT2D eigenvalue weighted by Crippen LogP contribution is 2.32. The molecule has 1 saturated carbocycles. The third-order valence-corrected chi connectivity index (χ3v) is 3.42. The van der Waals surface area contributed by atoms with Gasteiger partial charge >= 0.3 is 0 Å². The molecule has 0 spiro atoms. The van der Waals surface area contributed by atoms with Crippen LogP contribution in [0, 0.1) is 18.7 Å². The number of aliphatic hydroxyl groups excluding tert-OH is 1. The van der Waals surface area contributed by atoms with Crippen LogP contribution in [0.3, 0.4) is 0 Å². The smallest absolute Gasteiger partial charge is 0.123 e. The fraction of sp³-hybridized carbons (Fsp3) is 0.571. The molecule has 0 radical (unpaired) electrons. The number of halogens is 1. The zero-order valence-electron chi connectivity index (χ0n) is 10.5. The Morgan fingerprint density at radius 2 is 2.18 bits per heavy atom. The lowest BCUT2D eigenvalue weighted by molar-refractivity contribution is 0.104. The Bertz CT molecular complexity index is 390. The predicted molar refractivity (Wildman–Crippen MR) is 66.2 cm³/mol. The second-order valence-electron chi connectivity index (χ2n) is 5.17. The molecule has 2 rings (SSSR count). The van der Waals surface area contributed by atoms with Crippen LogP contribution in [0.5, 0.6) is 0 Å². The first-order valence-corrected chi connectivity index (χ1v) is 6.18. The Labute approximate surface area is 102 Å². The summed E-state index contributed by atoms with van der Waals surface area (Å²) >= 11 is 0. The number of rotatable bonds is 5. The lowest BCUT2D eigenvalue weighted by Crippen LogP contribution is -2.30. The maximum atomic E-state index is 13.1. The Morgan fingerprint density at radius 3 is 2.82 bits per heavy atom. The van der Waals surface area contributed by atoms with Gasteiger partial charge in [-0.2, -0.15) is 0 Å². The molecule has 0 amide bonds. The summed E-state index contributed by atoms with van der Waals surface area (Å²) in [6.07, 6.45) is 2.07. The van der Waals surface area contributed by atoms with E-state index in [0.29, 0.717) is 19.0 Å². The molecule has 0 unspecified atom stereocenters. The van der Waals surface area contributed by atoms with Crippen molar-refractivity contribution in [2.45, 2.75) is 32.4 Å². The highest BCUT2D eigenvalue weighted by molar-refractivity contribution is 5.26. The van der Waals surface area contributed by atoms with Crippen molar-refractivity contribution in [3.05, 3.63) is 35.1 Å². The predicted octanol–water partition coefficient (Wildman–Crippen LogP) is 2.34. The molecule has 0 aliphatic heterocycles. The first kappa shape index (κ1) is 12.5. The van der Waals surface area contributed by atoms with Gasteiger partial charge in [0.1, 0.15) is 5.82 Å². The third-order valence-electron chi connectivity index (χ3n) is 3.42. The average Bonchev–Trinajstić information content (AvgIpc) is 3.06. The highest BCUT2D eigenvalue weighted by Gasteiger charge is 2.30. The van der Waals surface area contributed by atoms with Crippen molar-refractivity contribution >= 4 is 0 Å². The fourth-order valence-electron chi connectivity index (χ4n) is 2.12. The first-order valence-electron chi connectivity index (χ1n) is 6.18. The van der Waals surface area contributed by atoms with Crippen molar-refractivity contribution < 1.29 is 9.50 Å². The highest BCUT2D eigenvalue weighted by atomic mass is 19.1. The number of likely N-dealkylation sites (N-methyl/N-ethyl adjacent to an activating group) is 1. The molecule has 1 aliphatic carbocycles. The molecule has 1 aromatic carbocycles. The summed E-state index contributed by atoms with van der Waals surface area (Å²) in [7, 11) is 1.97. The largest absolute Gasteiger partial charge is 0.392 e. The first-order chi connectivity index (χ1) is 8.06. The van der Waals surface area contributed by atoms with E-state index >= 15 is 0 Å². The molecule has 0 aromatic heterocycles. The molecule has 3 heteroatoms. The molecule has 2 nitrogen and oxygen atoms in total. The molecular formula is C14H20FNO. The van der Waals surface area contributed by atoms with Gasteiger partial charge < -0.3 is 5.11 Å². The third kappa shape index (κ3) is 3.51. The minimum atomic E-state index is -0.228. The number of aryl methyl sites for hydroxylation is 1. The molecule has 0 saturated heterocycles. The summed E-state index contributed by atoms with van der Waals surface area (Å²) in [5, 5.41) is 9.85. The Balaban J connectivity index is 1.92. The summed E-state index contributed by atoms with van der Waals surface area (Å²) in [5.41, 5.74) is 2.09. The van der Waals surface area contributed by atoms with Crippen molar-refractivity contribution in [2.75, 3.05) is 13.6 Å². The average molecular weight is 237 g/mol. The van der Waals surface area contributed by atoms with Crippen LogP contribution in [-0.4, -0.2) is 29.7 Å². The van der Waals surface area contributed by atoms with Crippen molar-refractivity contribution in [3.8, 4) is 0 Å². The van der Waals surface area contributed by atoms with Gasteiger partial charge in [0.05, 0.1) is 6.10 Å². The van der Waals surface area contributed by atoms with Crippen LogP contribution in [0.25, 0.3) is 0 Å². The molecular weight excluding hydrogens is 217 g/mol. The summed E-state index contributed by atoms with van der Waals surface area (Å²) in [4.78, 5) is 2.06. The zero-order valence-corrected chi connectivity index (χ0v) is 10.5. The number of aliphatic hydroxyl groups is 1. The molecule has 1 aromatic rings. The Kier molecular flexibility index (Phi) is 3.79. The van der Waals surface area contributed by atoms with Crippen molar-refractivity contribution in [1.82, 2.24) is 4.90 Å². The topological polar surface area (TPSA) is 23.5 Å². The monoisotopic (exact) mass is 237 g/mol. The van der Waals surface area contributed by atoms with E-state index in [9.17, 15) is 9.50 Å². The summed E-state index contributed by atoms with van der Waals surface area (Å²) < 4.78 is 13.1. The molecule has 94 valence electrons. The van der Waals surface area contributed by atoms with E-state index in [0.717, 1.165) is 24.0 Å². The summed E-state index contributed by atoms with van der Waals surface area (Å²) in [6, 6.07) is 4.86. The number of hydrogen-bond acceptors (Lipinski definition) is 2. The van der Waals surface area contributed by atoms with E-state index < -0.39 is 0 Å². The van der Waals surface area contributed by atoms with Crippen LogP contribution in [-0.2, 0) is 6.54 Å². The van der Waals surface area contributed by atoms with Crippen molar-refractivity contribution in [3.63, 3.8) is 0 Å². The maximum Gasteiger partial charge on any atom is 0.123 e. The van der Waals surface area contributed by atoms with E-state index in [1.165, 1.54) is 6.07 Å². The molecule has 0 bridgehead atoms. The molecule has 1 N–H and O–H groups in total. The lowest BCUT2D eigenvalue weighted by atomic mass is 10.1. The Morgan fingerprint density at radius 1 is 1.47 bits per heavy atom. The van der Waals surface area contributed by atoms with Crippen LogP contribution in [0.4, 0.5) is 4.39 Å². The van der Waals surface area contributed by atoms with Gasteiger partial charge in [-0.3, -0.25) is 4.90 Å². The van der Waals surface area contributed by atoms with Crippen LogP contribution >= 0.6 is 0 Å². The van der Waals surface area contributed by atoms with Gasteiger partial charge in [-0.25, -0.2) is 4.39 Å². The number of benzene rings is 1. The molecule has 1 fully saturated rings. The fourth-order valence-corrected chi connectivity index (χ4v) is 2.12. The maximum absolute atomic E-state index is 13.1. The van der Waals surface area contributed by atoms with Crippen molar-refractivity contribution in [1.29, 1.82) is 0 Å². The quantitative estimate of drug-likeness (QED) is 0.849. The summed E-state index contributed by atoms with van der Waals surface area (Å²) in [5.74, 6) is 0.299. The second kappa shape index (κ2) is 5.15. The Hall–Kier alpha value is -0.930.